The van der Waals surface area contributed by atoms with E-state index in [1.54, 1.807) is 6.33 Å². The first-order chi connectivity index (χ1) is 20.4. The number of fused-ring (bicyclic) bond motifs is 1. The second kappa shape index (κ2) is 12.7. The number of aromatic nitrogens is 10. The summed E-state index contributed by atoms with van der Waals surface area (Å²) in [7, 11) is -1.11. The first kappa shape index (κ1) is 28.5. The predicted octanol–water partition coefficient (Wildman–Crippen LogP) is 5.78. The van der Waals surface area contributed by atoms with E-state index in [1.165, 1.54) is 19.2 Å². The normalized spacial score (nSPS) is 17.6. The number of nitrogens with one attached hydrogen (secondary N) is 2. The van der Waals surface area contributed by atoms with Crippen molar-refractivity contribution in [2.24, 2.45) is 5.92 Å². The molecule has 6 rings (SSSR count). The maximum Gasteiger partial charge on any atom is 0.229 e. The topological polar surface area (TPSA) is 137 Å². The molecule has 0 spiro atoms. The van der Waals surface area contributed by atoms with Gasteiger partial charge in [0.1, 0.15) is 25.0 Å². The smallest absolute Gasteiger partial charge is 0.229 e. The number of ether oxygens (including phenoxy) is 1. The quantitative estimate of drug-likeness (QED) is 0.102. The lowest BCUT2D eigenvalue weighted by atomic mass is 9.87. The molecule has 0 atom stereocenters. The highest BCUT2D eigenvalue weighted by atomic mass is 32.2. The molecule has 5 heterocycles. The Bertz CT molecular complexity index is 1570. The minimum Gasteiger partial charge on any atom is -0.361 e. The Balaban J connectivity index is 1.01. The van der Waals surface area contributed by atoms with E-state index in [0.717, 1.165) is 58.4 Å². The molecule has 1 fully saturated rings. The number of hydrogen-bond donors (Lipinski definition) is 2. The Morgan fingerprint density at radius 2 is 1.86 bits per heavy atom. The number of rotatable bonds is 12. The number of thioether (sulfide) groups is 1. The van der Waals surface area contributed by atoms with E-state index in [4.69, 9.17) is 9.84 Å². The van der Waals surface area contributed by atoms with Gasteiger partial charge in [-0.2, -0.15) is 15.2 Å². The highest BCUT2D eigenvalue weighted by Crippen LogP contribution is 2.36. The van der Waals surface area contributed by atoms with Gasteiger partial charge in [-0.25, -0.2) is 25.0 Å². The summed E-state index contributed by atoms with van der Waals surface area (Å²) in [6, 6.07) is 3.64. The minimum atomic E-state index is -1.11. The van der Waals surface area contributed by atoms with Crippen LogP contribution in [0.1, 0.15) is 31.7 Å². The largest absolute Gasteiger partial charge is 0.361 e. The molecule has 12 nitrogen and oxygen atoms in total. The van der Waals surface area contributed by atoms with Crippen molar-refractivity contribution in [1.82, 2.24) is 49.5 Å². The highest BCUT2D eigenvalue weighted by molar-refractivity contribution is 7.99. The van der Waals surface area contributed by atoms with Crippen molar-refractivity contribution >= 4 is 42.8 Å². The lowest BCUT2D eigenvalue weighted by molar-refractivity contribution is 0.0899. The molecule has 1 saturated carbocycles. The highest BCUT2D eigenvalue weighted by Gasteiger charge is 2.24. The molecule has 42 heavy (non-hydrogen) atoms. The molecule has 5 aromatic rings. The predicted molar refractivity (Wildman–Crippen MR) is 166 cm³/mol. The molecule has 0 aliphatic heterocycles. The molecule has 0 aromatic carbocycles. The lowest BCUT2D eigenvalue weighted by Crippen LogP contribution is -2.22. The average molecular weight is 604 g/mol. The number of hydrogen-bond acceptors (Lipinski definition) is 10. The summed E-state index contributed by atoms with van der Waals surface area (Å²) < 4.78 is 10.2. The van der Waals surface area contributed by atoms with Crippen molar-refractivity contribution in [3.63, 3.8) is 0 Å². The first-order valence-corrected chi connectivity index (χ1v) is 19.1. The molecule has 0 radical (unpaired) electrons. The van der Waals surface area contributed by atoms with Crippen LogP contribution in [-0.2, 0) is 11.5 Å². The van der Waals surface area contributed by atoms with E-state index in [0.29, 0.717) is 30.6 Å². The summed E-state index contributed by atoms with van der Waals surface area (Å²) in [5, 5.41) is 15.3. The number of H-pyrrole nitrogens is 1. The summed E-state index contributed by atoms with van der Waals surface area (Å²) in [6.07, 6.45) is 17.5. The Hall–Kier alpha value is -3.62. The van der Waals surface area contributed by atoms with Crippen LogP contribution in [-0.4, -0.2) is 69.9 Å². The van der Waals surface area contributed by atoms with Gasteiger partial charge in [0.15, 0.2) is 0 Å². The van der Waals surface area contributed by atoms with Crippen LogP contribution in [0.15, 0.2) is 54.6 Å². The molecule has 0 bridgehead atoms. The Kier molecular flexibility index (Phi) is 8.62. The molecular formula is C28H37N11OSSi. The minimum absolute atomic E-state index is 0.409. The molecule has 0 saturated heterocycles. The van der Waals surface area contributed by atoms with Gasteiger partial charge in [0, 0.05) is 61.1 Å². The molecule has 1 aliphatic rings. The van der Waals surface area contributed by atoms with Crippen LogP contribution in [0.25, 0.3) is 22.3 Å². The molecule has 5 aromatic heterocycles. The number of anilines is 2. The van der Waals surface area contributed by atoms with E-state index < -0.39 is 8.07 Å². The van der Waals surface area contributed by atoms with E-state index >= 15 is 0 Å². The van der Waals surface area contributed by atoms with Crippen molar-refractivity contribution in [3.8, 4) is 11.3 Å². The van der Waals surface area contributed by atoms with Gasteiger partial charge in [0.2, 0.25) is 11.9 Å². The van der Waals surface area contributed by atoms with Crippen LogP contribution >= 0.6 is 11.8 Å². The fraction of sp³-hybridized carbons (Fsp3) is 0.464. The average Bonchev–Trinajstić information content (AvgIpc) is 3.77. The van der Waals surface area contributed by atoms with Crippen LogP contribution in [0.5, 0.6) is 0 Å². The Morgan fingerprint density at radius 1 is 1.02 bits per heavy atom. The third-order valence-corrected chi connectivity index (χ3v) is 10.5. The van der Waals surface area contributed by atoms with Gasteiger partial charge >= 0.3 is 0 Å². The van der Waals surface area contributed by atoms with Crippen molar-refractivity contribution in [2.75, 3.05) is 17.7 Å². The second-order valence-electron chi connectivity index (χ2n) is 12.0. The fourth-order valence-electron chi connectivity index (χ4n) is 5.16. The van der Waals surface area contributed by atoms with Crippen LogP contribution in [0.4, 0.5) is 11.9 Å². The van der Waals surface area contributed by atoms with E-state index in [9.17, 15) is 0 Å². The third-order valence-electron chi connectivity index (χ3n) is 7.61. The van der Waals surface area contributed by atoms with Crippen LogP contribution in [0.2, 0.25) is 25.7 Å². The molecule has 0 amide bonds. The van der Waals surface area contributed by atoms with Crippen molar-refractivity contribution in [3.05, 3.63) is 49.7 Å². The number of nitrogens with zero attached hydrogens (tertiary/aromatic N) is 9. The zero-order valence-electron chi connectivity index (χ0n) is 24.3. The second-order valence-corrected chi connectivity index (χ2v) is 18.7. The van der Waals surface area contributed by atoms with Gasteiger partial charge in [0.05, 0.1) is 17.9 Å². The van der Waals surface area contributed by atoms with E-state index in [-0.39, 0.29) is 0 Å². The Morgan fingerprint density at radius 3 is 2.62 bits per heavy atom. The molecular weight excluding hydrogens is 567 g/mol. The summed E-state index contributed by atoms with van der Waals surface area (Å²) in [4.78, 5) is 23.0. The fourth-order valence-corrected chi connectivity index (χ4v) is 6.93. The molecule has 220 valence electrons. The third kappa shape index (κ3) is 7.05. The van der Waals surface area contributed by atoms with Crippen molar-refractivity contribution in [2.45, 2.75) is 69.0 Å². The Labute approximate surface area is 250 Å². The molecule has 1 aliphatic carbocycles. The maximum atomic E-state index is 5.97. The summed E-state index contributed by atoms with van der Waals surface area (Å²) >= 11 is 1.82. The van der Waals surface area contributed by atoms with Gasteiger partial charge in [0.25, 0.3) is 0 Å². The lowest BCUT2D eigenvalue weighted by Gasteiger charge is -2.28. The van der Waals surface area contributed by atoms with Gasteiger partial charge in [-0.15, -0.1) is 11.8 Å². The van der Waals surface area contributed by atoms with Crippen LogP contribution in [0.3, 0.4) is 0 Å². The van der Waals surface area contributed by atoms with Gasteiger partial charge in [-0.05, 0) is 43.7 Å². The summed E-state index contributed by atoms with van der Waals surface area (Å²) in [5.41, 5.74) is 2.84. The molecule has 14 heteroatoms. The van der Waals surface area contributed by atoms with E-state index in [1.807, 2.05) is 36.5 Å². The van der Waals surface area contributed by atoms with Gasteiger partial charge in [-0.1, -0.05) is 19.6 Å². The first-order valence-electron chi connectivity index (χ1n) is 14.4. The SMILES string of the molecule is C[Si](C)(C)CCOCn1ccc2c(-c3cnn(C4CCC(CSc5cnc(Nc6ncn[nH]6)nc5)CC4)c3)ncnc21. The van der Waals surface area contributed by atoms with Gasteiger partial charge in [-0.3, -0.25) is 10.00 Å². The van der Waals surface area contributed by atoms with Crippen LogP contribution < -0.4 is 5.32 Å². The molecule has 0 unspecified atom stereocenters. The summed E-state index contributed by atoms with van der Waals surface area (Å²) in [6.45, 7) is 8.38. The summed E-state index contributed by atoms with van der Waals surface area (Å²) in [5.74, 6) is 2.75. The standard InChI is InChI=1S/C28H37N11OSSi/c1-42(2,3)11-10-40-19-38-9-8-24-25(31-17-32-26(24)38)21-12-35-39(15-21)22-6-4-20(5-7-22)16-41-23-13-29-27(30-14-23)36-28-33-18-34-37-28/h8-9,12-15,17-18,20,22H,4-7,10-11,16,19H2,1-3H3,(H2,29,30,33,34,36,37). The maximum absolute atomic E-state index is 5.97. The molecule has 2 N–H and O–H groups in total. The van der Waals surface area contributed by atoms with Crippen molar-refractivity contribution in [1.29, 1.82) is 0 Å². The monoisotopic (exact) mass is 603 g/mol. The van der Waals surface area contributed by atoms with E-state index in [2.05, 4.69) is 81.6 Å². The zero-order valence-corrected chi connectivity index (χ0v) is 26.1. The van der Waals surface area contributed by atoms with Crippen LogP contribution in [0, 0.1) is 5.92 Å². The number of aromatic amines is 1. The van der Waals surface area contributed by atoms with Crippen molar-refractivity contribution < 1.29 is 4.74 Å². The zero-order chi connectivity index (χ0) is 28.9. The van der Waals surface area contributed by atoms with Gasteiger partial charge < -0.3 is 9.30 Å².